The zero-order chi connectivity index (χ0) is 19.8. The number of aryl methyl sites for hydroxylation is 1. The first-order valence-electron chi connectivity index (χ1n) is 8.06. The fraction of sp³-hybridized carbons (Fsp3) is 0.375. The molecule has 2 aromatic rings. The number of alkyl halides is 3. The number of hydrogen-bond acceptors (Lipinski definition) is 5. The maximum Gasteiger partial charge on any atom is 0.416 e. The molecule has 1 aromatic carbocycles. The molecule has 1 aromatic heterocycles. The minimum absolute atomic E-state index is 0.225. The van der Waals surface area contributed by atoms with Crippen molar-refractivity contribution in [1.82, 2.24) is 14.7 Å². The Morgan fingerprint density at radius 1 is 1.22 bits per heavy atom. The van der Waals surface area contributed by atoms with E-state index in [1.165, 1.54) is 22.7 Å². The minimum atomic E-state index is -4.42. The lowest BCUT2D eigenvalue weighted by Crippen LogP contribution is -2.49. The molecule has 1 amide bonds. The van der Waals surface area contributed by atoms with Gasteiger partial charge in [-0.25, -0.2) is 0 Å². The Morgan fingerprint density at radius 2 is 1.89 bits per heavy atom. The summed E-state index contributed by atoms with van der Waals surface area (Å²) in [6.07, 6.45) is -3.27. The van der Waals surface area contributed by atoms with Crippen LogP contribution >= 0.6 is 0 Å². The van der Waals surface area contributed by atoms with Gasteiger partial charge in [0.05, 0.1) is 10.5 Å². The molecule has 27 heavy (non-hydrogen) atoms. The van der Waals surface area contributed by atoms with Gasteiger partial charge in [-0.3, -0.25) is 19.6 Å². The van der Waals surface area contributed by atoms with Crippen molar-refractivity contribution in [1.29, 1.82) is 0 Å². The van der Waals surface area contributed by atoms with E-state index in [0.717, 1.165) is 18.3 Å². The molecule has 0 aliphatic carbocycles. The van der Waals surface area contributed by atoms with E-state index in [1.54, 1.807) is 11.0 Å². The lowest BCUT2D eigenvalue weighted by molar-refractivity contribution is -0.385. The van der Waals surface area contributed by atoms with Crippen molar-refractivity contribution in [3.05, 3.63) is 51.8 Å². The highest BCUT2D eigenvalue weighted by molar-refractivity contribution is 5.96. The summed E-state index contributed by atoms with van der Waals surface area (Å²) < 4.78 is 39.8. The van der Waals surface area contributed by atoms with Gasteiger partial charge < -0.3 is 9.80 Å². The van der Waals surface area contributed by atoms with E-state index < -0.39 is 22.6 Å². The van der Waals surface area contributed by atoms with Crippen LogP contribution in [-0.4, -0.2) is 51.7 Å². The lowest BCUT2D eigenvalue weighted by Gasteiger charge is -2.36. The summed E-state index contributed by atoms with van der Waals surface area (Å²) in [6, 6.07) is 4.99. The van der Waals surface area contributed by atoms with Crippen molar-refractivity contribution < 1.29 is 22.9 Å². The fourth-order valence-electron chi connectivity index (χ4n) is 2.96. The molecule has 11 heteroatoms. The monoisotopic (exact) mass is 383 g/mol. The number of benzene rings is 1. The van der Waals surface area contributed by atoms with Gasteiger partial charge in [0.25, 0.3) is 5.91 Å². The van der Waals surface area contributed by atoms with Crippen molar-refractivity contribution in [3.63, 3.8) is 0 Å². The van der Waals surface area contributed by atoms with Gasteiger partial charge >= 0.3 is 11.9 Å². The van der Waals surface area contributed by atoms with E-state index in [-0.39, 0.29) is 24.5 Å². The molecular weight excluding hydrogens is 367 g/mol. The van der Waals surface area contributed by atoms with E-state index in [2.05, 4.69) is 5.10 Å². The smallest absolute Gasteiger partial charge is 0.368 e. The molecule has 2 heterocycles. The summed E-state index contributed by atoms with van der Waals surface area (Å²) in [5.74, 6) is -0.564. The first kappa shape index (κ1) is 18.7. The van der Waals surface area contributed by atoms with Crippen LogP contribution in [0.2, 0.25) is 0 Å². The molecule has 3 rings (SSSR count). The number of carbonyl (C=O) groups excluding carboxylic acids is 1. The average molecular weight is 383 g/mol. The molecule has 1 aliphatic heterocycles. The second kappa shape index (κ2) is 6.89. The number of piperazine rings is 1. The zero-order valence-corrected chi connectivity index (χ0v) is 14.3. The largest absolute Gasteiger partial charge is 0.416 e. The van der Waals surface area contributed by atoms with E-state index in [1.807, 2.05) is 0 Å². The highest BCUT2D eigenvalue weighted by Crippen LogP contribution is 2.32. The van der Waals surface area contributed by atoms with Crippen molar-refractivity contribution in [2.45, 2.75) is 6.18 Å². The summed E-state index contributed by atoms with van der Waals surface area (Å²) in [7, 11) is 1.48. The van der Waals surface area contributed by atoms with Gasteiger partial charge in [0.1, 0.15) is 6.20 Å². The van der Waals surface area contributed by atoms with Crippen LogP contribution in [0.4, 0.5) is 24.5 Å². The Labute approximate surface area is 151 Å². The number of halogens is 3. The van der Waals surface area contributed by atoms with Gasteiger partial charge in [-0.2, -0.15) is 18.3 Å². The minimum Gasteiger partial charge on any atom is -0.368 e. The van der Waals surface area contributed by atoms with Gasteiger partial charge in [-0.1, -0.05) is 6.07 Å². The topological polar surface area (TPSA) is 84.5 Å². The SMILES string of the molecule is Cn1cc([N+](=O)[O-])c(C(=O)N2CCN(c3cccc(C(F)(F)F)c3)CC2)n1. The molecule has 0 spiro atoms. The molecular formula is C16H16F3N5O3. The maximum atomic E-state index is 12.9. The number of rotatable bonds is 3. The zero-order valence-electron chi connectivity index (χ0n) is 14.3. The molecule has 0 radical (unpaired) electrons. The number of carbonyl (C=O) groups is 1. The van der Waals surface area contributed by atoms with Gasteiger partial charge in [0.15, 0.2) is 0 Å². The van der Waals surface area contributed by atoms with Crippen LogP contribution < -0.4 is 4.90 Å². The van der Waals surface area contributed by atoms with Crippen LogP contribution in [0.1, 0.15) is 16.1 Å². The molecule has 8 nitrogen and oxygen atoms in total. The molecule has 1 saturated heterocycles. The van der Waals surface area contributed by atoms with Gasteiger partial charge in [-0.05, 0) is 18.2 Å². The van der Waals surface area contributed by atoms with Crippen LogP contribution in [0, 0.1) is 10.1 Å². The van der Waals surface area contributed by atoms with Gasteiger partial charge in [0.2, 0.25) is 5.69 Å². The number of amides is 1. The normalized spacial score (nSPS) is 15.1. The molecule has 0 atom stereocenters. The molecule has 0 N–H and O–H groups in total. The lowest BCUT2D eigenvalue weighted by atomic mass is 10.1. The first-order chi connectivity index (χ1) is 12.7. The standard InChI is InChI=1S/C16H16F3N5O3/c1-21-10-13(24(26)27)14(20-21)15(25)23-7-5-22(6-8-23)12-4-2-3-11(9-12)16(17,18)19/h2-4,9-10H,5-8H2,1H3. The second-order valence-corrected chi connectivity index (χ2v) is 6.12. The number of aromatic nitrogens is 2. The van der Waals surface area contributed by atoms with E-state index in [9.17, 15) is 28.1 Å². The molecule has 0 saturated carbocycles. The maximum absolute atomic E-state index is 12.9. The predicted molar refractivity (Wildman–Crippen MR) is 89.4 cm³/mol. The van der Waals surface area contributed by atoms with E-state index >= 15 is 0 Å². The number of anilines is 1. The predicted octanol–water partition coefficient (Wildman–Crippen LogP) is 2.31. The first-order valence-corrected chi connectivity index (χ1v) is 8.06. The van der Waals surface area contributed by atoms with Crippen LogP contribution in [0.25, 0.3) is 0 Å². The highest BCUT2D eigenvalue weighted by atomic mass is 19.4. The summed E-state index contributed by atoms with van der Waals surface area (Å²) in [4.78, 5) is 26.1. The highest BCUT2D eigenvalue weighted by Gasteiger charge is 2.33. The van der Waals surface area contributed by atoms with Crippen LogP contribution in [-0.2, 0) is 13.2 Å². The Bertz CT molecular complexity index is 872. The number of hydrogen-bond donors (Lipinski definition) is 0. The van der Waals surface area contributed by atoms with Crippen LogP contribution in [0.15, 0.2) is 30.5 Å². The molecule has 1 fully saturated rings. The van der Waals surface area contributed by atoms with Crippen molar-refractivity contribution >= 4 is 17.3 Å². The third kappa shape index (κ3) is 3.86. The summed E-state index contributed by atoms with van der Waals surface area (Å²) in [6.45, 7) is 1.08. The Morgan fingerprint density at radius 3 is 2.48 bits per heavy atom. The molecule has 0 bridgehead atoms. The van der Waals surface area contributed by atoms with Crippen molar-refractivity contribution in [2.75, 3.05) is 31.1 Å². The van der Waals surface area contributed by atoms with Crippen molar-refractivity contribution in [2.24, 2.45) is 7.05 Å². The fourth-order valence-corrected chi connectivity index (χ4v) is 2.96. The second-order valence-electron chi connectivity index (χ2n) is 6.12. The Balaban J connectivity index is 1.71. The summed E-state index contributed by atoms with van der Waals surface area (Å²) >= 11 is 0. The summed E-state index contributed by atoms with van der Waals surface area (Å²) in [5, 5.41) is 14.9. The molecule has 144 valence electrons. The molecule has 1 aliphatic rings. The quantitative estimate of drug-likeness (QED) is 0.600. The Hall–Kier alpha value is -3.11. The van der Waals surface area contributed by atoms with E-state index in [4.69, 9.17) is 0 Å². The van der Waals surface area contributed by atoms with Gasteiger partial charge in [0, 0.05) is 38.9 Å². The Kier molecular flexibility index (Phi) is 4.77. The van der Waals surface area contributed by atoms with Crippen LogP contribution in [0.3, 0.4) is 0 Å². The number of nitro groups is 1. The molecule has 0 unspecified atom stereocenters. The summed E-state index contributed by atoms with van der Waals surface area (Å²) in [5.41, 5.74) is -0.929. The van der Waals surface area contributed by atoms with Gasteiger partial charge in [-0.15, -0.1) is 0 Å². The third-order valence-electron chi connectivity index (χ3n) is 4.31. The average Bonchev–Trinajstić information content (AvgIpc) is 3.03. The third-order valence-corrected chi connectivity index (χ3v) is 4.31. The van der Waals surface area contributed by atoms with Crippen LogP contribution in [0.5, 0.6) is 0 Å². The van der Waals surface area contributed by atoms with E-state index in [0.29, 0.717) is 18.8 Å². The van der Waals surface area contributed by atoms with Crippen molar-refractivity contribution in [3.8, 4) is 0 Å². The number of nitrogens with zero attached hydrogens (tertiary/aromatic N) is 5.